The average molecular weight is 495 g/mol. The van der Waals surface area contributed by atoms with Crippen LogP contribution >= 0.6 is 7.37 Å². The van der Waals surface area contributed by atoms with Gasteiger partial charge in [-0.1, -0.05) is 134 Å². The molecule has 1 rings (SSSR count). The third kappa shape index (κ3) is 17.3. The number of unbranched alkanes of at least 4 members (excludes halogenated alkanes) is 17. The van der Waals surface area contributed by atoms with Crippen LogP contribution in [0.2, 0.25) is 0 Å². The Labute approximate surface area is 209 Å². The Hall–Kier alpha value is -1.12. The van der Waals surface area contributed by atoms with Gasteiger partial charge in [0.05, 0.1) is 13.0 Å². The smallest absolute Gasteiger partial charge is 0.306 e. The first-order valence-corrected chi connectivity index (χ1v) is 15.9. The monoisotopic (exact) mass is 494 g/mol. The van der Waals surface area contributed by atoms with Gasteiger partial charge in [-0.3, -0.25) is 9.36 Å². The van der Waals surface area contributed by atoms with Crippen molar-refractivity contribution in [3.8, 4) is 0 Å². The molecule has 1 unspecified atom stereocenters. The number of benzene rings is 1. The normalized spacial score (nSPS) is 13.0. The van der Waals surface area contributed by atoms with Crippen molar-refractivity contribution in [2.24, 2.45) is 0 Å². The largest absolute Gasteiger partial charge is 0.466 e. The highest BCUT2D eigenvalue weighted by Crippen LogP contribution is 2.39. The maximum absolute atomic E-state index is 12.3. The van der Waals surface area contributed by atoms with E-state index in [2.05, 4.69) is 6.92 Å². The van der Waals surface area contributed by atoms with Crippen molar-refractivity contribution in [1.82, 2.24) is 0 Å². The predicted octanol–water partition coefficient (Wildman–Crippen LogP) is 8.56. The summed E-state index contributed by atoms with van der Waals surface area (Å²) in [6.07, 6.45) is 23.9. The number of ether oxygens (including phenoxy) is 1. The van der Waals surface area contributed by atoms with Gasteiger partial charge in [0.2, 0.25) is 7.37 Å². The van der Waals surface area contributed by atoms with Crippen molar-refractivity contribution in [1.29, 1.82) is 0 Å². The summed E-state index contributed by atoms with van der Waals surface area (Å²) in [5.74, 6) is -0.378. The van der Waals surface area contributed by atoms with Gasteiger partial charge in [-0.05, 0) is 18.6 Å². The molecule has 0 bridgehead atoms. The summed E-state index contributed by atoms with van der Waals surface area (Å²) in [6.45, 7) is 2.69. The molecule has 0 aliphatic rings. The summed E-state index contributed by atoms with van der Waals surface area (Å²) >= 11 is 0. The van der Waals surface area contributed by atoms with E-state index in [1.807, 2.05) is 0 Å². The van der Waals surface area contributed by atoms with E-state index >= 15 is 0 Å². The third-order valence-electron chi connectivity index (χ3n) is 6.54. The van der Waals surface area contributed by atoms with E-state index in [-0.39, 0.29) is 18.6 Å². The molecule has 0 saturated carbocycles. The molecule has 0 aliphatic heterocycles. The topological polar surface area (TPSA) is 63.6 Å². The first kappa shape index (κ1) is 30.9. The number of hydrogen-bond donors (Lipinski definition) is 1. The second-order valence-electron chi connectivity index (χ2n) is 9.74. The third-order valence-corrected chi connectivity index (χ3v) is 8.47. The molecule has 0 amide bonds. The minimum atomic E-state index is -3.48. The highest BCUT2D eigenvalue weighted by molar-refractivity contribution is 7.66. The molecule has 1 N–H and O–H groups in total. The molecule has 34 heavy (non-hydrogen) atoms. The molecule has 0 heterocycles. The van der Waals surface area contributed by atoms with Gasteiger partial charge in [-0.25, -0.2) is 0 Å². The molecule has 1 aromatic carbocycles. The van der Waals surface area contributed by atoms with Gasteiger partial charge in [0.25, 0.3) is 0 Å². The number of esters is 1. The van der Waals surface area contributed by atoms with Gasteiger partial charge in [0.1, 0.15) is 0 Å². The lowest BCUT2D eigenvalue weighted by Crippen LogP contribution is -2.12. The van der Waals surface area contributed by atoms with Crippen LogP contribution in [0, 0.1) is 0 Å². The maximum Gasteiger partial charge on any atom is 0.306 e. The van der Waals surface area contributed by atoms with Gasteiger partial charge < -0.3 is 9.63 Å². The van der Waals surface area contributed by atoms with Gasteiger partial charge in [-0.15, -0.1) is 0 Å². The summed E-state index contributed by atoms with van der Waals surface area (Å²) in [4.78, 5) is 22.0. The van der Waals surface area contributed by atoms with E-state index in [4.69, 9.17) is 4.74 Å². The number of rotatable bonds is 23. The van der Waals surface area contributed by atoms with Gasteiger partial charge in [-0.2, -0.15) is 0 Å². The van der Waals surface area contributed by atoms with Crippen molar-refractivity contribution in [2.45, 2.75) is 129 Å². The maximum atomic E-state index is 12.3. The molecule has 0 radical (unpaired) electrons. The van der Waals surface area contributed by atoms with E-state index in [0.29, 0.717) is 11.9 Å². The molecule has 1 aromatic rings. The Bertz CT molecular complexity index is 647. The van der Waals surface area contributed by atoms with Crippen molar-refractivity contribution in [2.75, 3.05) is 12.8 Å². The number of carbonyl (C=O) groups excluding carboxylic acids is 1. The fraction of sp³-hybridized carbons (Fsp3) is 0.759. The molecular formula is C29H51O4P. The van der Waals surface area contributed by atoms with Crippen LogP contribution in [0.1, 0.15) is 129 Å². The van der Waals surface area contributed by atoms with Crippen LogP contribution in [0.25, 0.3) is 0 Å². The Balaban J connectivity index is 1.81. The van der Waals surface area contributed by atoms with Gasteiger partial charge in [0.15, 0.2) is 0 Å². The van der Waals surface area contributed by atoms with Crippen LogP contribution < -0.4 is 5.30 Å². The Morgan fingerprint density at radius 3 is 1.56 bits per heavy atom. The predicted molar refractivity (Wildman–Crippen MR) is 145 cm³/mol. The molecule has 0 aliphatic carbocycles. The standard InChI is InChI=1S/C29H51O4P/c1-2-3-4-5-6-7-8-9-10-11-12-13-14-15-16-17-18-22-26-33-29(30)25-27-34(31,32)28-23-20-19-21-24-28/h19-21,23-24H,2-18,22,25-27H2,1H3,(H,31,32). The molecular weight excluding hydrogens is 443 g/mol. The van der Waals surface area contributed by atoms with Gasteiger partial charge in [0, 0.05) is 11.5 Å². The van der Waals surface area contributed by atoms with Crippen LogP contribution in [-0.2, 0) is 14.1 Å². The molecule has 196 valence electrons. The van der Waals surface area contributed by atoms with Crippen LogP contribution in [0.3, 0.4) is 0 Å². The van der Waals surface area contributed by atoms with E-state index < -0.39 is 7.37 Å². The molecule has 4 nitrogen and oxygen atoms in total. The van der Waals surface area contributed by atoms with Crippen molar-refractivity contribution in [3.05, 3.63) is 30.3 Å². The Morgan fingerprint density at radius 2 is 1.12 bits per heavy atom. The lowest BCUT2D eigenvalue weighted by atomic mass is 10.0. The Morgan fingerprint density at radius 1 is 0.706 bits per heavy atom. The van der Waals surface area contributed by atoms with E-state index in [9.17, 15) is 14.3 Å². The van der Waals surface area contributed by atoms with Crippen molar-refractivity contribution in [3.63, 3.8) is 0 Å². The second-order valence-corrected chi connectivity index (χ2v) is 12.1. The number of carbonyl (C=O) groups is 1. The zero-order valence-electron chi connectivity index (χ0n) is 21.9. The zero-order valence-corrected chi connectivity index (χ0v) is 22.7. The fourth-order valence-electron chi connectivity index (χ4n) is 4.29. The highest BCUT2D eigenvalue weighted by Gasteiger charge is 2.22. The van der Waals surface area contributed by atoms with Crippen molar-refractivity contribution < 1.29 is 19.0 Å². The fourth-order valence-corrected chi connectivity index (χ4v) is 5.68. The van der Waals surface area contributed by atoms with Crippen LogP contribution in [0.4, 0.5) is 0 Å². The molecule has 0 spiro atoms. The minimum Gasteiger partial charge on any atom is -0.466 e. The zero-order chi connectivity index (χ0) is 24.7. The molecule has 0 aromatic heterocycles. The summed E-state index contributed by atoms with van der Waals surface area (Å²) in [5.41, 5.74) is 0. The summed E-state index contributed by atoms with van der Waals surface area (Å²) in [5, 5.41) is 0.395. The first-order valence-electron chi connectivity index (χ1n) is 14.1. The first-order chi connectivity index (χ1) is 16.6. The summed E-state index contributed by atoms with van der Waals surface area (Å²) < 4.78 is 17.5. The number of hydrogen-bond acceptors (Lipinski definition) is 3. The van der Waals surface area contributed by atoms with Crippen LogP contribution in [0.15, 0.2) is 30.3 Å². The molecule has 0 fully saturated rings. The second kappa shape index (κ2) is 21.2. The lowest BCUT2D eigenvalue weighted by Gasteiger charge is -2.11. The lowest BCUT2D eigenvalue weighted by molar-refractivity contribution is -0.143. The van der Waals surface area contributed by atoms with E-state index in [1.54, 1.807) is 30.3 Å². The van der Waals surface area contributed by atoms with E-state index in [1.165, 1.54) is 103 Å². The summed E-state index contributed by atoms with van der Waals surface area (Å²) in [7, 11) is -3.48. The minimum absolute atomic E-state index is 0.0122. The summed E-state index contributed by atoms with van der Waals surface area (Å²) in [6, 6.07) is 8.52. The van der Waals surface area contributed by atoms with Crippen LogP contribution in [-0.4, -0.2) is 23.6 Å². The van der Waals surface area contributed by atoms with Gasteiger partial charge >= 0.3 is 5.97 Å². The molecule has 1 atom stereocenters. The SMILES string of the molecule is CCCCCCCCCCCCCCCCCCCCOC(=O)CCP(=O)(O)c1ccccc1. The van der Waals surface area contributed by atoms with Crippen molar-refractivity contribution >= 4 is 18.6 Å². The highest BCUT2D eigenvalue weighted by atomic mass is 31.2. The Kier molecular flexibility index (Phi) is 19.3. The quantitative estimate of drug-likeness (QED) is 0.0940. The van der Waals surface area contributed by atoms with Crippen LogP contribution in [0.5, 0.6) is 0 Å². The average Bonchev–Trinajstić information content (AvgIpc) is 2.85. The molecule has 0 saturated heterocycles. The molecule has 5 heteroatoms. The van der Waals surface area contributed by atoms with E-state index in [0.717, 1.165) is 12.8 Å².